The van der Waals surface area contributed by atoms with Crippen LogP contribution in [0.1, 0.15) is 0 Å². The van der Waals surface area contributed by atoms with Crippen LogP contribution in [-0.2, 0) is 4.79 Å². The first kappa shape index (κ1) is 19.2. The van der Waals surface area contributed by atoms with Crippen LogP contribution >= 0.6 is 35.9 Å². The summed E-state index contributed by atoms with van der Waals surface area (Å²) in [5.74, 6) is 1.61. The zero-order chi connectivity index (χ0) is 16.2. The molecule has 128 valence electrons. The molecule has 0 unspecified atom stereocenters. The molecule has 1 amide bonds. The molecule has 3 nitrogen and oxygen atoms in total. The van der Waals surface area contributed by atoms with Crippen molar-refractivity contribution in [1.29, 1.82) is 0 Å². The van der Waals surface area contributed by atoms with E-state index in [1.54, 1.807) is 23.5 Å². The van der Waals surface area contributed by atoms with Gasteiger partial charge in [0.25, 0.3) is 0 Å². The molecule has 2 aromatic carbocycles. The molecule has 0 saturated carbocycles. The van der Waals surface area contributed by atoms with Gasteiger partial charge in [-0.05, 0) is 38.4 Å². The van der Waals surface area contributed by atoms with E-state index in [1.165, 1.54) is 0 Å². The Hall–Kier alpha value is -1.14. The van der Waals surface area contributed by atoms with E-state index in [9.17, 15) is 4.79 Å². The first-order chi connectivity index (χ1) is 11.2. The number of amides is 1. The molecule has 6 heteroatoms. The maximum Gasteiger partial charge on any atom is 0.241 e. The van der Waals surface area contributed by atoms with Crippen LogP contribution in [0.2, 0.25) is 0 Å². The summed E-state index contributed by atoms with van der Waals surface area (Å²) < 4.78 is 0. The molecular weight excluding hydrogens is 360 g/mol. The van der Waals surface area contributed by atoms with Gasteiger partial charge < -0.3 is 4.90 Å². The van der Waals surface area contributed by atoms with Crippen molar-refractivity contribution in [3.05, 3.63) is 48.5 Å². The summed E-state index contributed by atoms with van der Waals surface area (Å²) in [4.78, 5) is 19.1. The predicted molar refractivity (Wildman–Crippen MR) is 107 cm³/mol. The SMILES string of the molecule is CN(C)CCSCC(=O)N1c2ccccc2Sc2ccccc21.Cl. The van der Waals surface area contributed by atoms with E-state index in [2.05, 4.69) is 31.1 Å². The lowest BCUT2D eigenvalue weighted by atomic mass is 10.2. The minimum absolute atomic E-state index is 0. The van der Waals surface area contributed by atoms with Gasteiger partial charge in [-0.2, -0.15) is 11.8 Å². The molecule has 0 atom stereocenters. The molecule has 1 aliphatic rings. The third-order valence-electron chi connectivity index (χ3n) is 3.59. The summed E-state index contributed by atoms with van der Waals surface area (Å²) in [6.45, 7) is 0.987. The van der Waals surface area contributed by atoms with Crippen LogP contribution in [0.25, 0.3) is 0 Å². The van der Waals surface area contributed by atoms with Crippen molar-refractivity contribution in [3.8, 4) is 0 Å². The predicted octanol–water partition coefficient (Wildman–Crippen LogP) is 4.53. The minimum Gasteiger partial charge on any atom is -0.309 e. The number of para-hydroxylation sites is 2. The van der Waals surface area contributed by atoms with Crippen LogP contribution in [0.5, 0.6) is 0 Å². The molecule has 0 aromatic heterocycles. The molecule has 0 fully saturated rings. The summed E-state index contributed by atoms with van der Waals surface area (Å²) in [6.07, 6.45) is 0. The van der Waals surface area contributed by atoms with Crippen molar-refractivity contribution in [1.82, 2.24) is 4.90 Å². The van der Waals surface area contributed by atoms with Gasteiger partial charge in [0, 0.05) is 22.1 Å². The zero-order valence-electron chi connectivity index (χ0n) is 13.8. The highest BCUT2D eigenvalue weighted by Gasteiger charge is 2.27. The molecule has 0 radical (unpaired) electrons. The molecular formula is C18H21ClN2OS2. The first-order valence-corrected chi connectivity index (χ1v) is 9.55. The van der Waals surface area contributed by atoms with Gasteiger partial charge in [-0.25, -0.2) is 0 Å². The van der Waals surface area contributed by atoms with Crippen molar-refractivity contribution in [2.75, 3.05) is 37.0 Å². The summed E-state index contributed by atoms with van der Waals surface area (Å²) in [6, 6.07) is 16.2. The van der Waals surface area contributed by atoms with E-state index in [1.807, 2.05) is 41.3 Å². The highest BCUT2D eigenvalue weighted by molar-refractivity contribution is 8.00. The van der Waals surface area contributed by atoms with Gasteiger partial charge >= 0.3 is 0 Å². The minimum atomic E-state index is 0. The average molecular weight is 381 g/mol. The molecule has 1 aliphatic heterocycles. The number of carbonyl (C=O) groups is 1. The van der Waals surface area contributed by atoms with Gasteiger partial charge in [0.05, 0.1) is 17.1 Å². The molecule has 1 heterocycles. The third kappa shape index (κ3) is 4.28. The fourth-order valence-electron chi connectivity index (χ4n) is 2.44. The number of fused-ring (bicyclic) bond motifs is 2. The lowest BCUT2D eigenvalue weighted by Crippen LogP contribution is -2.30. The number of rotatable bonds is 5. The van der Waals surface area contributed by atoms with Gasteiger partial charge in [0.15, 0.2) is 0 Å². The van der Waals surface area contributed by atoms with E-state index in [4.69, 9.17) is 0 Å². The van der Waals surface area contributed by atoms with Crippen LogP contribution in [0.15, 0.2) is 58.3 Å². The Kier molecular flexibility index (Phi) is 7.04. The number of thioether (sulfide) groups is 1. The van der Waals surface area contributed by atoms with Crippen molar-refractivity contribution in [3.63, 3.8) is 0 Å². The smallest absolute Gasteiger partial charge is 0.241 e. The summed E-state index contributed by atoms with van der Waals surface area (Å²) in [5, 5.41) is 0. The Labute approximate surface area is 158 Å². The van der Waals surface area contributed by atoms with Crippen LogP contribution in [0.4, 0.5) is 11.4 Å². The maximum atomic E-state index is 12.9. The molecule has 24 heavy (non-hydrogen) atoms. The highest BCUT2D eigenvalue weighted by Crippen LogP contribution is 2.47. The Morgan fingerprint density at radius 2 is 1.58 bits per heavy atom. The lowest BCUT2D eigenvalue weighted by Gasteiger charge is -2.31. The number of benzene rings is 2. The summed E-state index contributed by atoms with van der Waals surface area (Å²) >= 11 is 3.42. The number of nitrogens with zero attached hydrogens (tertiary/aromatic N) is 2. The average Bonchev–Trinajstić information content (AvgIpc) is 2.56. The van der Waals surface area contributed by atoms with Crippen LogP contribution < -0.4 is 4.90 Å². The van der Waals surface area contributed by atoms with Gasteiger partial charge in [-0.3, -0.25) is 9.69 Å². The Bertz CT molecular complexity index is 663. The Morgan fingerprint density at radius 1 is 1.04 bits per heavy atom. The van der Waals surface area contributed by atoms with E-state index in [0.29, 0.717) is 5.75 Å². The lowest BCUT2D eigenvalue weighted by molar-refractivity contribution is -0.115. The molecule has 0 saturated heterocycles. The number of hydrogen-bond acceptors (Lipinski definition) is 4. The standard InChI is InChI=1S/C18H20N2OS2.ClH/c1-19(2)11-12-22-13-18(21)20-14-7-3-5-9-16(14)23-17-10-6-4-8-15(17)20;/h3-10H,11-13H2,1-2H3;1H. The van der Waals surface area contributed by atoms with E-state index >= 15 is 0 Å². The summed E-state index contributed by atoms with van der Waals surface area (Å²) in [5.41, 5.74) is 1.99. The second-order valence-corrected chi connectivity index (χ2v) is 7.81. The largest absolute Gasteiger partial charge is 0.309 e. The van der Waals surface area contributed by atoms with Crippen molar-refractivity contribution >= 4 is 53.2 Å². The van der Waals surface area contributed by atoms with Crippen molar-refractivity contribution in [2.45, 2.75) is 9.79 Å². The molecule has 0 aliphatic carbocycles. The zero-order valence-corrected chi connectivity index (χ0v) is 16.2. The van der Waals surface area contributed by atoms with E-state index in [0.717, 1.165) is 33.5 Å². The molecule has 0 N–H and O–H groups in total. The van der Waals surface area contributed by atoms with Crippen LogP contribution in [0, 0.1) is 0 Å². The second-order valence-electron chi connectivity index (χ2n) is 5.62. The molecule has 0 bridgehead atoms. The number of halogens is 1. The van der Waals surface area contributed by atoms with Crippen molar-refractivity contribution in [2.24, 2.45) is 0 Å². The van der Waals surface area contributed by atoms with E-state index in [-0.39, 0.29) is 18.3 Å². The fourth-order valence-corrected chi connectivity index (χ4v) is 4.44. The number of hydrogen-bond donors (Lipinski definition) is 0. The summed E-state index contributed by atoms with van der Waals surface area (Å²) in [7, 11) is 4.10. The van der Waals surface area contributed by atoms with Gasteiger partial charge in [0.2, 0.25) is 5.91 Å². The van der Waals surface area contributed by atoms with Gasteiger partial charge in [-0.1, -0.05) is 36.0 Å². The highest BCUT2D eigenvalue weighted by atomic mass is 35.5. The monoisotopic (exact) mass is 380 g/mol. The fraction of sp³-hybridized carbons (Fsp3) is 0.278. The number of anilines is 2. The molecule has 3 rings (SSSR count). The topological polar surface area (TPSA) is 23.6 Å². The second kappa shape index (κ2) is 8.81. The molecule has 0 spiro atoms. The normalized spacial score (nSPS) is 12.4. The Morgan fingerprint density at radius 3 is 2.12 bits per heavy atom. The van der Waals surface area contributed by atoms with Gasteiger partial charge in [-0.15, -0.1) is 12.4 Å². The first-order valence-electron chi connectivity index (χ1n) is 7.58. The number of carbonyl (C=O) groups excluding carboxylic acids is 1. The molecule has 2 aromatic rings. The maximum absolute atomic E-state index is 12.9. The van der Waals surface area contributed by atoms with E-state index < -0.39 is 0 Å². The van der Waals surface area contributed by atoms with Gasteiger partial charge in [0.1, 0.15) is 0 Å². The van der Waals surface area contributed by atoms with Crippen LogP contribution in [0.3, 0.4) is 0 Å². The van der Waals surface area contributed by atoms with Crippen molar-refractivity contribution < 1.29 is 4.79 Å². The quantitative estimate of drug-likeness (QED) is 0.711. The van der Waals surface area contributed by atoms with Crippen LogP contribution in [-0.4, -0.2) is 43.0 Å². The Balaban J connectivity index is 0.00000208. The third-order valence-corrected chi connectivity index (χ3v) is 5.64.